The van der Waals surface area contributed by atoms with E-state index in [1.165, 1.54) is 12.1 Å². The van der Waals surface area contributed by atoms with Crippen LogP contribution in [-0.2, 0) is 0 Å². The van der Waals surface area contributed by atoms with E-state index in [9.17, 15) is 4.39 Å². The van der Waals surface area contributed by atoms with Gasteiger partial charge in [0, 0.05) is 21.3 Å². The molecule has 4 rings (SSSR count). The zero-order valence-electron chi connectivity index (χ0n) is 16.9. The highest BCUT2D eigenvalue weighted by molar-refractivity contribution is 5.46. The van der Waals surface area contributed by atoms with E-state index in [0.29, 0.717) is 24.7 Å². The number of rotatable bonds is 4. The SMILES string of the molecule is [2H]C1([2H])C[C@@H](c2ccc(F)cc2)C(COc2ccc3c(c2)OC([2H])([2H])O3)CN1. The number of fused-ring (bicyclic) bond motifs is 1. The zero-order valence-corrected chi connectivity index (χ0v) is 12.9. The summed E-state index contributed by atoms with van der Waals surface area (Å²) in [6.45, 7) is -2.95. The highest BCUT2D eigenvalue weighted by Crippen LogP contribution is 2.36. The van der Waals surface area contributed by atoms with Crippen LogP contribution in [0.25, 0.3) is 0 Å². The lowest BCUT2D eigenvalue weighted by atomic mass is 9.81. The van der Waals surface area contributed by atoms with Crippen molar-refractivity contribution in [3.05, 3.63) is 53.8 Å². The third-order valence-electron chi connectivity index (χ3n) is 4.36. The molecule has 2 aromatic rings. The molecule has 4 nitrogen and oxygen atoms in total. The van der Waals surface area contributed by atoms with Gasteiger partial charge in [-0.25, -0.2) is 4.39 Å². The molecule has 1 unspecified atom stereocenters. The molecule has 2 atom stereocenters. The van der Waals surface area contributed by atoms with Crippen LogP contribution in [0.4, 0.5) is 4.39 Å². The minimum Gasteiger partial charge on any atom is -0.493 e. The van der Waals surface area contributed by atoms with Gasteiger partial charge in [-0.3, -0.25) is 0 Å². The van der Waals surface area contributed by atoms with Crippen LogP contribution in [0.15, 0.2) is 42.5 Å². The van der Waals surface area contributed by atoms with E-state index in [-0.39, 0.29) is 29.8 Å². The van der Waals surface area contributed by atoms with Gasteiger partial charge in [0.25, 0.3) is 0 Å². The van der Waals surface area contributed by atoms with Crippen molar-refractivity contribution in [3.8, 4) is 17.2 Å². The van der Waals surface area contributed by atoms with E-state index in [4.69, 9.17) is 19.7 Å². The lowest BCUT2D eigenvalue weighted by molar-refractivity contribution is 0.173. The molecule has 2 aliphatic rings. The van der Waals surface area contributed by atoms with Gasteiger partial charge in [-0.05, 0) is 48.7 Å². The molecule has 0 aromatic heterocycles. The molecule has 1 saturated heterocycles. The molecular weight excluding hydrogens is 309 g/mol. The molecular formula is C19H20FNO3. The first-order valence-electron chi connectivity index (χ1n) is 9.86. The van der Waals surface area contributed by atoms with Gasteiger partial charge in [0.15, 0.2) is 11.5 Å². The summed E-state index contributed by atoms with van der Waals surface area (Å²) in [7, 11) is 0. The Kier molecular flexibility index (Phi) is 3.15. The van der Waals surface area contributed by atoms with Crippen molar-refractivity contribution in [2.24, 2.45) is 5.92 Å². The van der Waals surface area contributed by atoms with Gasteiger partial charge in [0.05, 0.1) is 6.61 Å². The monoisotopic (exact) mass is 333 g/mol. The van der Waals surface area contributed by atoms with Crippen molar-refractivity contribution in [3.63, 3.8) is 0 Å². The normalized spacial score (nSPS) is 29.0. The molecule has 126 valence electrons. The second-order valence-electron chi connectivity index (χ2n) is 5.89. The largest absolute Gasteiger partial charge is 0.493 e. The van der Waals surface area contributed by atoms with Gasteiger partial charge in [-0.2, -0.15) is 0 Å². The van der Waals surface area contributed by atoms with Gasteiger partial charge in [-0.1, -0.05) is 12.1 Å². The van der Waals surface area contributed by atoms with E-state index < -0.39 is 13.2 Å². The summed E-state index contributed by atoms with van der Waals surface area (Å²) in [5, 5.41) is 2.89. The molecule has 24 heavy (non-hydrogen) atoms. The quantitative estimate of drug-likeness (QED) is 0.932. The predicted molar refractivity (Wildman–Crippen MR) is 88.2 cm³/mol. The van der Waals surface area contributed by atoms with Crippen molar-refractivity contribution in [2.45, 2.75) is 12.3 Å². The van der Waals surface area contributed by atoms with Crippen molar-refractivity contribution in [2.75, 3.05) is 26.4 Å². The second-order valence-corrected chi connectivity index (χ2v) is 5.89. The number of halogens is 1. The fourth-order valence-electron chi connectivity index (χ4n) is 3.03. The summed E-state index contributed by atoms with van der Waals surface area (Å²) in [6.07, 6.45) is 0.258. The van der Waals surface area contributed by atoms with Crippen LogP contribution in [0.2, 0.25) is 0 Å². The average molecular weight is 333 g/mol. The van der Waals surface area contributed by atoms with Crippen molar-refractivity contribution in [1.82, 2.24) is 5.32 Å². The summed E-state index contributed by atoms with van der Waals surface area (Å²) in [5.74, 6) is 0.621. The number of piperidine rings is 1. The Bertz CT molecular complexity index is 863. The molecule has 0 aliphatic carbocycles. The van der Waals surface area contributed by atoms with Crippen LogP contribution in [0.3, 0.4) is 0 Å². The van der Waals surface area contributed by atoms with E-state index in [1.54, 1.807) is 30.3 Å². The third-order valence-corrected chi connectivity index (χ3v) is 4.36. The number of nitrogens with one attached hydrogen (secondary N) is 1. The maximum atomic E-state index is 13.3. The van der Waals surface area contributed by atoms with Crippen LogP contribution in [0, 0.1) is 11.7 Å². The second kappa shape index (κ2) is 6.69. The van der Waals surface area contributed by atoms with Crippen molar-refractivity contribution in [1.29, 1.82) is 0 Å². The average Bonchev–Trinajstić information content (AvgIpc) is 2.94. The number of ether oxygens (including phenoxy) is 3. The van der Waals surface area contributed by atoms with Crippen LogP contribution >= 0.6 is 0 Å². The molecule has 0 amide bonds. The molecule has 0 spiro atoms. The minimum atomic E-state index is -2.19. The number of hydrogen-bond donors (Lipinski definition) is 1. The fourth-order valence-corrected chi connectivity index (χ4v) is 3.03. The smallest absolute Gasteiger partial charge is 0.231 e. The first-order chi connectivity index (χ1) is 13.2. The fraction of sp³-hybridized carbons (Fsp3) is 0.368. The standard InChI is InChI=1S/C19H20FNO3/c20-15-3-1-13(2-4-15)17-7-8-21-10-14(17)11-22-16-5-6-18-19(9-16)24-12-23-18/h1-6,9,14,17,21H,7-8,10-12H2/t14?,17-/m0/s1/i8D2,12D2. The zero-order chi connectivity index (χ0) is 19.9. The van der Waals surface area contributed by atoms with E-state index in [0.717, 1.165) is 5.56 Å². The maximum absolute atomic E-state index is 13.3. The summed E-state index contributed by atoms with van der Waals surface area (Å²) in [5.41, 5.74) is 0.874. The number of benzene rings is 2. The molecule has 0 bridgehead atoms. The van der Waals surface area contributed by atoms with Crippen LogP contribution in [-0.4, -0.2) is 26.4 Å². The molecule has 1 fully saturated rings. The lowest BCUT2D eigenvalue weighted by Crippen LogP contribution is -2.38. The Morgan fingerprint density at radius 3 is 2.88 bits per heavy atom. The van der Waals surface area contributed by atoms with Gasteiger partial charge in [-0.15, -0.1) is 0 Å². The Balaban J connectivity index is 1.48. The molecule has 2 aromatic carbocycles. The summed E-state index contributed by atoms with van der Waals surface area (Å²) < 4.78 is 60.3. The molecule has 5 heteroatoms. The minimum absolute atomic E-state index is 0.0221. The highest BCUT2D eigenvalue weighted by Gasteiger charge is 2.27. The van der Waals surface area contributed by atoms with Crippen LogP contribution in [0.5, 0.6) is 17.2 Å². The predicted octanol–water partition coefficient (Wildman–Crippen LogP) is 3.33. The van der Waals surface area contributed by atoms with E-state index in [2.05, 4.69) is 5.32 Å². The van der Waals surface area contributed by atoms with Crippen molar-refractivity contribution < 1.29 is 24.1 Å². The van der Waals surface area contributed by atoms with Crippen LogP contribution in [0.1, 0.15) is 23.4 Å². The molecule has 1 N–H and O–H groups in total. The summed E-state index contributed by atoms with van der Waals surface area (Å²) >= 11 is 0. The summed E-state index contributed by atoms with van der Waals surface area (Å²) in [6, 6.07) is 11.0. The summed E-state index contributed by atoms with van der Waals surface area (Å²) in [4.78, 5) is 0. The molecule has 0 saturated carbocycles. The highest BCUT2D eigenvalue weighted by atomic mass is 19.1. The Morgan fingerprint density at radius 2 is 2.00 bits per heavy atom. The van der Waals surface area contributed by atoms with Crippen molar-refractivity contribution >= 4 is 0 Å². The van der Waals surface area contributed by atoms with E-state index in [1.807, 2.05) is 0 Å². The maximum Gasteiger partial charge on any atom is 0.231 e. The number of hydrogen-bond acceptors (Lipinski definition) is 4. The van der Waals surface area contributed by atoms with Gasteiger partial charge in [0.1, 0.15) is 14.3 Å². The van der Waals surface area contributed by atoms with Gasteiger partial charge < -0.3 is 19.5 Å². The molecule has 2 heterocycles. The van der Waals surface area contributed by atoms with E-state index >= 15 is 0 Å². The Hall–Kier alpha value is -2.27. The first-order valence-corrected chi connectivity index (χ1v) is 7.86. The Labute approximate surface area is 146 Å². The third kappa shape index (κ3) is 3.17. The van der Waals surface area contributed by atoms with Gasteiger partial charge in [0.2, 0.25) is 6.75 Å². The topological polar surface area (TPSA) is 39.7 Å². The Morgan fingerprint density at radius 1 is 1.17 bits per heavy atom. The first kappa shape index (κ1) is 11.3. The lowest BCUT2D eigenvalue weighted by Gasteiger charge is -2.32. The molecule has 0 radical (unpaired) electrons. The molecule has 2 aliphatic heterocycles. The van der Waals surface area contributed by atoms with Crippen LogP contribution < -0.4 is 19.5 Å². The van der Waals surface area contributed by atoms with Gasteiger partial charge >= 0.3 is 0 Å².